The second-order valence-corrected chi connectivity index (χ2v) is 3.58. The SMILES string of the molecule is C=CC(C)Nc1cc(F)c(C(=O)O)cc1[N+](=O)[O-]. The van der Waals surface area contributed by atoms with Crippen LogP contribution >= 0.6 is 0 Å². The van der Waals surface area contributed by atoms with Gasteiger partial charge in [-0.1, -0.05) is 6.08 Å². The van der Waals surface area contributed by atoms with E-state index >= 15 is 0 Å². The van der Waals surface area contributed by atoms with Crippen molar-refractivity contribution in [3.8, 4) is 0 Å². The van der Waals surface area contributed by atoms with E-state index in [-0.39, 0.29) is 11.7 Å². The lowest BCUT2D eigenvalue weighted by Crippen LogP contribution is -2.14. The lowest BCUT2D eigenvalue weighted by atomic mass is 10.1. The van der Waals surface area contributed by atoms with E-state index in [4.69, 9.17) is 5.11 Å². The molecule has 96 valence electrons. The molecule has 0 amide bonds. The van der Waals surface area contributed by atoms with E-state index in [2.05, 4.69) is 11.9 Å². The molecule has 0 saturated carbocycles. The minimum Gasteiger partial charge on any atom is -0.478 e. The quantitative estimate of drug-likeness (QED) is 0.478. The minimum absolute atomic E-state index is 0.0881. The molecular formula is C11H11FN2O4. The number of benzene rings is 1. The van der Waals surface area contributed by atoms with Crippen LogP contribution in [0, 0.1) is 15.9 Å². The number of hydrogen-bond acceptors (Lipinski definition) is 4. The Morgan fingerprint density at radius 1 is 1.67 bits per heavy atom. The van der Waals surface area contributed by atoms with E-state index in [0.717, 1.165) is 6.07 Å². The molecule has 0 spiro atoms. The van der Waals surface area contributed by atoms with Crippen molar-refractivity contribution in [1.29, 1.82) is 0 Å². The van der Waals surface area contributed by atoms with E-state index in [1.807, 2.05) is 0 Å². The van der Waals surface area contributed by atoms with Gasteiger partial charge < -0.3 is 10.4 Å². The topological polar surface area (TPSA) is 92.5 Å². The van der Waals surface area contributed by atoms with Crippen LogP contribution in [-0.4, -0.2) is 22.0 Å². The van der Waals surface area contributed by atoms with Gasteiger partial charge >= 0.3 is 5.97 Å². The first kappa shape index (κ1) is 13.6. The number of carboxylic acids is 1. The fourth-order valence-corrected chi connectivity index (χ4v) is 1.30. The van der Waals surface area contributed by atoms with E-state index in [0.29, 0.717) is 6.07 Å². The third kappa shape index (κ3) is 2.82. The molecule has 0 aliphatic carbocycles. The summed E-state index contributed by atoms with van der Waals surface area (Å²) in [6.45, 7) is 5.15. The molecule has 0 radical (unpaired) electrons. The normalized spacial score (nSPS) is 11.7. The highest BCUT2D eigenvalue weighted by atomic mass is 19.1. The molecule has 0 bridgehead atoms. The third-order valence-electron chi connectivity index (χ3n) is 2.25. The molecule has 0 saturated heterocycles. The summed E-state index contributed by atoms with van der Waals surface area (Å²) in [5.74, 6) is -2.59. The minimum atomic E-state index is -1.56. The number of nitrogens with zero attached hydrogens (tertiary/aromatic N) is 1. The number of aromatic carboxylic acids is 1. The molecule has 7 heteroatoms. The summed E-state index contributed by atoms with van der Waals surface area (Å²) >= 11 is 0. The lowest BCUT2D eigenvalue weighted by Gasteiger charge is -2.11. The summed E-state index contributed by atoms with van der Waals surface area (Å²) in [6, 6.07) is 1.16. The Bertz CT molecular complexity index is 516. The molecule has 18 heavy (non-hydrogen) atoms. The molecule has 1 aromatic carbocycles. The summed E-state index contributed by atoms with van der Waals surface area (Å²) in [4.78, 5) is 20.7. The number of halogens is 1. The van der Waals surface area contributed by atoms with Crippen LogP contribution in [0.2, 0.25) is 0 Å². The van der Waals surface area contributed by atoms with Crippen molar-refractivity contribution in [3.05, 3.63) is 46.3 Å². The van der Waals surface area contributed by atoms with Gasteiger partial charge in [-0.15, -0.1) is 6.58 Å². The summed E-state index contributed by atoms with van der Waals surface area (Å²) in [5.41, 5.74) is -1.32. The molecule has 2 N–H and O–H groups in total. The zero-order valence-electron chi connectivity index (χ0n) is 9.51. The molecule has 0 aliphatic rings. The van der Waals surface area contributed by atoms with Crippen molar-refractivity contribution in [2.75, 3.05) is 5.32 Å². The number of carboxylic acid groups (broad SMARTS) is 1. The monoisotopic (exact) mass is 254 g/mol. The highest BCUT2D eigenvalue weighted by Gasteiger charge is 2.22. The number of nitro benzene ring substituents is 1. The van der Waals surface area contributed by atoms with Crippen molar-refractivity contribution >= 4 is 17.3 Å². The van der Waals surface area contributed by atoms with Crippen LogP contribution in [0.25, 0.3) is 0 Å². The van der Waals surface area contributed by atoms with Gasteiger partial charge in [0.15, 0.2) is 0 Å². The van der Waals surface area contributed by atoms with Crippen molar-refractivity contribution in [3.63, 3.8) is 0 Å². The molecule has 1 rings (SSSR count). The Kier molecular flexibility index (Phi) is 3.98. The van der Waals surface area contributed by atoms with E-state index in [9.17, 15) is 19.3 Å². The summed E-state index contributed by atoms with van der Waals surface area (Å²) in [7, 11) is 0. The first-order valence-electron chi connectivity index (χ1n) is 4.97. The van der Waals surface area contributed by atoms with Gasteiger partial charge in [0.1, 0.15) is 17.1 Å². The van der Waals surface area contributed by atoms with Crippen molar-refractivity contribution < 1.29 is 19.2 Å². The smallest absolute Gasteiger partial charge is 0.338 e. The fourth-order valence-electron chi connectivity index (χ4n) is 1.30. The van der Waals surface area contributed by atoms with Crippen molar-refractivity contribution in [2.24, 2.45) is 0 Å². The van der Waals surface area contributed by atoms with Crippen molar-refractivity contribution in [1.82, 2.24) is 0 Å². The molecule has 1 atom stereocenters. The Labute approximate surface area is 102 Å². The number of nitrogens with one attached hydrogen (secondary N) is 1. The maximum absolute atomic E-state index is 13.4. The van der Waals surface area contributed by atoms with Crippen LogP contribution in [-0.2, 0) is 0 Å². The van der Waals surface area contributed by atoms with Gasteiger partial charge in [0.25, 0.3) is 5.69 Å². The van der Waals surface area contributed by atoms with Crippen LogP contribution in [0.3, 0.4) is 0 Å². The Hall–Kier alpha value is -2.44. The zero-order valence-corrected chi connectivity index (χ0v) is 9.51. The van der Waals surface area contributed by atoms with E-state index in [1.165, 1.54) is 6.08 Å². The first-order valence-corrected chi connectivity index (χ1v) is 4.97. The number of rotatable bonds is 5. The van der Waals surface area contributed by atoms with Crippen molar-refractivity contribution in [2.45, 2.75) is 13.0 Å². The average molecular weight is 254 g/mol. The predicted octanol–water partition coefficient (Wildman–Crippen LogP) is 2.42. The van der Waals surface area contributed by atoms with Gasteiger partial charge in [-0.2, -0.15) is 0 Å². The second-order valence-electron chi connectivity index (χ2n) is 3.58. The Balaban J connectivity index is 3.33. The fraction of sp³-hybridized carbons (Fsp3) is 0.182. The highest BCUT2D eigenvalue weighted by Crippen LogP contribution is 2.28. The van der Waals surface area contributed by atoms with Crippen LogP contribution in [0.5, 0.6) is 0 Å². The van der Waals surface area contributed by atoms with Crippen LogP contribution < -0.4 is 5.32 Å². The molecule has 1 aromatic rings. The van der Waals surface area contributed by atoms with Crippen LogP contribution in [0.15, 0.2) is 24.8 Å². The Morgan fingerprint density at radius 3 is 2.72 bits per heavy atom. The number of carbonyl (C=O) groups is 1. The first-order chi connectivity index (χ1) is 8.36. The van der Waals surface area contributed by atoms with Crippen LogP contribution in [0.1, 0.15) is 17.3 Å². The molecule has 6 nitrogen and oxygen atoms in total. The Morgan fingerprint density at radius 2 is 2.28 bits per heavy atom. The maximum atomic E-state index is 13.4. The summed E-state index contributed by atoms with van der Waals surface area (Å²) < 4.78 is 13.4. The molecule has 0 aliphatic heterocycles. The molecule has 1 unspecified atom stereocenters. The van der Waals surface area contributed by atoms with E-state index < -0.39 is 28.0 Å². The molecule has 0 fully saturated rings. The predicted molar refractivity (Wildman–Crippen MR) is 63.3 cm³/mol. The molecular weight excluding hydrogens is 243 g/mol. The van der Waals surface area contributed by atoms with Gasteiger partial charge in [0.2, 0.25) is 0 Å². The zero-order chi connectivity index (χ0) is 13.9. The van der Waals surface area contributed by atoms with Gasteiger partial charge in [-0.25, -0.2) is 9.18 Å². The average Bonchev–Trinajstić information content (AvgIpc) is 2.27. The summed E-state index contributed by atoms with van der Waals surface area (Å²) in [5, 5.41) is 22.1. The van der Waals surface area contributed by atoms with Gasteiger partial charge in [0, 0.05) is 18.2 Å². The van der Waals surface area contributed by atoms with Gasteiger partial charge in [-0.3, -0.25) is 10.1 Å². The third-order valence-corrected chi connectivity index (χ3v) is 2.25. The van der Waals surface area contributed by atoms with E-state index in [1.54, 1.807) is 6.92 Å². The maximum Gasteiger partial charge on any atom is 0.338 e. The standard InChI is InChI=1S/C11H11FN2O4/c1-3-6(2)13-9-5-8(12)7(11(15)16)4-10(9)14(17)18/h3-6,13H,1H2,2H3,(H,15,16). The number of hydrogen-bond donors (Lipinski definition) is 2. The lowest BCUT2D eigenvalue weighted by molar-refractivity contribution is -0.384. The van der Waals surface area contributed by atoms with Gasteiger partial charge in [0.05, 0.1) is 4.92 Å². The number of nitro groups is 1. The number of anilines is 1. The summed E-state index contributed by atoms with van der Waals surface area (Å²) in [6.07, 6.45) is 1.48. The molecule has 0 aromatic heterocycles. The largest absolute Gasteiger partial charge is 0.478 e. The van der Waals surface area contributed by atoms with Gasteiger partial charge in [-0.05, 0) is 6.92 Å². The second kappa shape index (κ2) is 5.26. The highest BCUT2D eigenvalue weighted by molar-refractivity contribution is 5.90. The molecule has 0 heterocycles. The van der Waals surface area contributed by atoms with Crippen LogP contribution in [0.4, 0.5) is 15.8 Å².